The molecule has 112 valence electrons. The second-order valence-electron chi connectivity index (χ2n) is 6.15. The average Bonchev–Trinajstić information content (AvgIpc) is 3.30. The molecule has 2 atom stereocenters. The molecule has 1 aromatic rings. The standard InChI is InChI=1S/C17H22N2O2/c20-16(18-12-7-3-1-4-8-12)14-11-15(14)17(21)19-13-9-5-2-6-10-13/h1,3-4,7-8,13-15H,2,5-6,9-11H2,(H,18,20)(H,19,21). The summed E-state index contributed by atoms with van der Waals surface area (Å²) in [5.41, 5.74) is 0.792. The molecule has 0 saturated heterocycles. The van der Waals surface area contributed by atoms with E-state index in [9.17, 15) is 9.59 Å². The summed E-state index contributed by atoms with van der Waals surface area (Å²) in [6, 6.07) is 9.72. The fourth-order valence-electron chi connectivity index (χ4n) is 3.09. The number of hydrogen-bond donors (Lipinski definition) is 2. The number of para-hydroxylation sites is 1. The van der Waals surface area contributed by atoms with Crippen molar-refractivity contribution in [2.24, 2.45) is 11.8 Å². The Hall–Kier alpha value is -1.84. The molecule has 4 heteroatoms. The number of nitrogens with one attached hydrogen (secondary N) is 2. The molecule has 0 spiro atoms. The molecular weight excluding hydrogens is 264 g/mol. The highest BCUT2D eigenvalue weighted by Crippen LogP contribution is 2.39. The second kappa shape index (κ2) is 6.29. The van der Waals surface area contributed by atoms with Crippen LogP contribution >= 0.6 is 0 Å². The third kappa shape index (κ3) is 3.63. The van der Waals surface area contributed by atoms with Crippen LogP contribution in [0.15, 0.2) is 30.3 Å². The Kier molecular flexibility index (Phi) is 4.23. The van der Waals surface area contributed by atoms with Crippen LogP contribution in [0.5, 0.6) is 0 Å². The van der Waals surface area contributed by atoms with Crippen molar-refractivity contribution in [3.05, 3.63) is 30.3 Å². The number of amides is 2. The van der Waals surface area contributed by atoms with Crippen molar-refractivity contribution in [1.82, 2.24) is 5.32 Å². The highest BCUT2D eigenvalue weighted by Gasteiger charge is 2.48. The summed E-state index contributed by atoms with van der Waals surface area (Å²) in [6.45, 7) is 0. The number of benzene rings is 1. The van der Waals surface area contributed by atoms with E-state index in [1.54, 1.807) is 0 Å². The van der Waals surface area contributed by atoms with Gasteiger partial charge in [-0.25, -0.2) is 0 Å². The van der Waals surface area contributed by atoms with Gasteiger partial charge in [0.1, 0.15) is 0 Å². The molecule has 2 aliphatic carbocycles. The van der Waals surface area contributed by atoms with Crippen molar-refractivity contribution in [1.29, 1.82) is 0 Å². The molecule has 1 aromatic carbocycles. The lowest BCUT2D eigenvalue weighted by molar-refractivity contribution is -0.126. The predicted molar refractivity (Wildman–Crippen MR) is 81.7 cm³/mol. The zero-order valence-electron chi connectivity index (χ0n) is 12.2. The third-order valence-electron chi connectivity index (χ3n) is 4.46. The second-order valence-corrected chi connectivity index (χ2v) is 6.15. The molecule has 21 heavy (non-hydrogen) atoms. The number of rotatable bonds is 4. The maximum absolute atomic E-state index is 12.1. The summed E-state index contributed by atoms with van der Waals surface area (Å²) < 4.78 is 0. The maximum atomic E-state index is 12.1. The van der Waals surface area contributed by atoms with Gasteiger partial charge in [0.15, 0.2) is 0 Å². The molecule has 0 radical (unpaired) electrons. The molecule has 0 bridgehead atoms. The van der Waals surface area contributed by atoms with E-state index in [0.717, 1.165) is 18.5 Å². The van der Waals surface area contributed by atoms with E-state index in [2.05, 4.69) is 10.6 Å². The monoisotopic (exact) mass is 286 g/mol. The van der Waals surface area contributed by atoms with Crippen molar-refractivity contribution in [3.8, 4) is 0 Å². The summed E-state index contributed by atoms with van der Waals surface area (Å²) in [7, 11) is 0. The fourth-order valence-corrected chi connectivity index (χ4v) is 3.09. The first-order valence-corrected chi connectivity index (χ1v) is 7.90. The van der Waals surface area contributed by atoms with Gasteiger partial charge in [-0.15, -0.1) is 0 Å². The molecular formula is C17H22N2O2. The minimum atomic E-state index is -0.159. The van der Waals surface area contributed by atoms with Gasteiger partial charge < -0.3 is 10.6 Å². The van der Waals surface area contributed by atoms with Crippen LogP contribution in [0, 0.1) is 11.8 Å². The van der Waals surface area contributed by atoms with Gasteiger partial charge in [0.2, 0.25) is 11.8 Å². The van der Waals surface area contributed by atoms with Crippen molar-refractivity contribution in [3.63, 3.8) is 0 Å². The van der Waals surface area contributed by atoms with Crippen LogP contribution in [0.2, 0.25) is 0 Å². The fraction of sp³-hybridized carbons (Fsp3) is 0.529. The van der Waals surface area contributed by atoms with Crippen molar-refractivity contribution >= 4 is 17.5 Å². The van der Waals surface area contributed by atoms with E-state index in [1.807, 2.05) is 30.3 Å². The Morgan fingerprint density at radius 2 is 1.57 bits per heavy atom. The highest BCUT2D eigenvalue weighted by atomic mass is 16.2. The molecule has 0 aromatic heterocycles. The highest BCUT2D eigenvalue weighted by molar-refractivity contribution is 5.99. The number of carbonyl (C=O) groups excluding carboxylic acids is 2. The van der Waals surface area contributed by atoms with Gasteiger partial charge in [-0.3, -0.25) is 9.59 Å². The van der Waals surface area contributed by atoms with E-state index < -0.39 is 0 Å². The Labute approximate surface area is 125 Å². The van der Waals surface area contributed by atoms with Crippen LogP contribution in [0.4, 0.5) is 5.69 Å². The van der Waals surface area contributed by atoms with Gasteiger partial charge >= 0.3 is 0 Å². The molecule has 2 aliphatic rings. The topological polar surface area (TPSA) is 58.2 Å². The predicted octanol–water partition coefficient (Wildman–Crippen LogP) is 2.71. The average molecular weight is 286 g/mol. The zero-order chi connectivity index (χ0) is 14.7. The molecule has 2 unspecified atom stereocenters. The number of carbonyl (C=O) groups is 2. The van der Waals surface area contributed by atoms with Crippen LogP contribution < -0.4 is 10.6 Å². The Morgan fingerprint density at radius 3 is 2.29 bits per heavy atom. The minimum Gasteiger partial charge on any atom is -0.353 e. The van der Waals surface area contributed by atoms with Gasteiger partial charge in [0, 0.05) is 11.7 Å². The van der Waals surface area contributed by atoms with Gasteiger partial charge in [-0.1, -0.05) is 37.5 Å². The van der Waals surface area contributed by atoms with Crippen molar-refractivity contribution in [2.45, 2.75) is 44.6 Å². The quantitative estimate of drug-likeness (QED) is 0.894. The summed E-state index contributed by atoms with van der Waals surface area (Å²) in [4.78, 5) is 24.2. The van der Waals surface area contributed by atoms with E-state index in [4.69, 9.17) is 0 Å². The Morgan fingerprint density at radius 1 is 0.905 bits per heavy atom. The van der Waals surface area contributed by atoms with Crippen LogP contribution in [-0.2, 0) is 9.59 Å². The Balaban J connectivity index is 1.46. The van der Waals surface area contributed by atoms with Gasteiger partial charge in [-0.2, -0.15) is 0 Å². The maximum Gasteiger partial charge on any atom is 0.228 e. The summed E-state index contributed by atoms with van der Waals surface area (Å²) >= 11 is 0. The van der Waals surface area contributed by atoms with E-state index in [1.165, 1.54) is 19.3 Å². The molecule has 2 amide bonds. The molecule has 2 N–H and O–H groups in total. The third-order valence-corrected chi connectivity index (χ3v) is 4.46. The summed E-state index contributed by atoms with van der Waals surface area (Å²) in [5.74, 6) is -0.260. The normalized spacial score (nSPS) is 25.1. The molecule has 4 nitrogen and oxygen atoms in total. The SMILES string of the molecule is O=C(Nc1ccccc1)C1CC1C(=O)NC1CCCCC1. The molecule has 0 aliphatic heterocycles. The van der Waals surface area contributed by atoms with E-state index in [0.29, 0.717) is 12.5 Å². The van der Waals surface area contributed by atoms with E-state index in [-0.39, 0.29) is 23.7 Å². The minimum absolute atomic E-state index is 0.0370. The van der Waals surface area contributed by atoms with Gasteiger partial charge in [-0.05, 0) is 31.4 Å². The number of hydrogen-bond acceptors (Lipinski definition) is 2. The molecule has 2 fully saturated rings. The van der Waals surface area contributed by atoms with Crippen LogP contribution in [-0.4, -0.2) is 17.9 Å². The van der Waals surface area contributed by atoms with Crippen molar-refractivity contribution < 1.29 is 9.59 Å². The van der Waals surface area contributed by atoms with E-state index >= 15 is 0 Å². The first kappa shape index (κ1) is 14.1. The lowest BCUT2D eigenvalue weighted by Gasteiger charge is -2.22. The van der Waals surface area contributed by atoms with Gasteiger partial charge in [0.05, 0.1) is 11.8 Å². The summed E-state index contributed by atoms with van der Waals surface area (Å²) in [6.07, 6.45) is 6.52. The lowest BCUT2D eigenvalue weighted by atomic mass is 9.95. The van der Waals surface area contributed by atoms with Crippen molar-refractivity contribution in [2.75, 3.05) is 5.32 Å². The number of anilines is 1. The Bertz CT molecular complexity index is 509. The van der Waals surface area contributed by atoms with Crippen LogP contribution in [0.25, 0.3) is 0 Å². The lowest BCUT2D eigenvalue weighted by Crippen LogP contribution is -2.37. The smallest absolute Gasteiger partial charge is 0.228 e. The van der Waals surface area contributed by atoms with Gasteiger partial charge in [0.25, 0.3) is 0 Å². The van der Waals surface area contributed by atoms with Crippen LogP contribution in [0.3, 0.4) is 0 Å². The zero-order valence-corrected chi connectivity index (χ0v) is 12.2. The first-order valence-electron chi connectivity index (χ1n) is 7.90. The molecule has 2 saturated carbocycles. The van der Waals surface area contributed by atoms with Crippen LogP contribution in [0.1, 0.15) is 38.5 Å². The molecule has 0 heterocycles. The largest absolute Gasteiger partial charge is 0.353 e. The summed E-state index contributed by atoms with van der Waals surface area (Å²) in [5, 5.41) is 5.98. The molecule has 3 rings (SSSR count). The first-order chi connectivity index (χ1) is 10.2.